The number of rotatable bonds is 5. The maximum absolute atomic E-state index is 13.2. The normalized spacial score (nSPS) is 10.5. The molecular formula is C22H16Cl2N2O4. The van der Waals surface area contributed by atoms with E-state index in [-0.39, 0.29) is 33.8 Å². The molecule has 2 aromatic carbocycles. The number of hydrogen-bond acceptors (Lipinski definition) is 5. The number of aromatic nitrogens is 1. The van der Waals surface area contributed by atoms with Gasteiger partial charge < -0.3 is 9.84 Å². The van der Waals surface area contributed by atoms with Gasteiger partial charge in [0.25, 0.3) is 5.56 Å². The highest BCUT2D eigenvalue weighted by Crippen LogP contribution is 2.30. The number of methoxy groups -OCH3 is 1. The van der Waals surface area contributed by atoms with E-state index in [1.165, 1.54) is 32.2 Å². The second kappa shape index (κ2) is 8.62. The van der Waals surface area contributed by atoms with Gasteiger partial charge in [0.05, 0.1) is 24.2 Å². The Morgan fingerprint density at radius 1 is 1.20 bits per heavy atom. The van der Waals surface area contributed by atoms with Crippen LogP contribution in [0.2, 0.25) is 10.0 Å². The lowest BCUT2D eigenvalue weighted by Gasteiger charge is -2.16. The van der Waals surface area contributed by atoms with E-state index < -0.39 is 17.2 Å². The van der Waals surface area contributed by atoms with Crippen LogP contribution in [0, 0.1) is 18.3 Å². The minimum Gasteiger partial charge on any atom is -0.495 e. The predicted molar refractivity (Wildman–Crippen MR) is 114 cm³/mol. The van der Waals surface area contributed by atoms with Crippen molar-refractivity contribution in [2.45, 2.75) is 13.5 Å². The molecule has 0 aliphatic heterocycles. The van der Waals surface area contributed by atoms with Crippen molar-refractivity contribution in [3.8, 4) is 17.7 Å². The minimum atomic E-state index is -0.711. The summed E-state index contributed by atoms with van der Waals surface area (Å²) in [5, 5.41) is 21.0. The van der Waals surface area contributed by atoms with E-state index >= 15 is 0 Å². The van der Waals surface area contributed by atoms with E-state index in [2.05, 4.69) is 0 Å². The van der Waals surface area contributed by atoms with Crippen LogP contribution in [-0.2, 0) is 6.54 Å². The zero-order valence-electron chi connectivity index (χ0n) is 16.1. The Morgan fingerprint density at radius 3 is 2.50 bits per heavy atom. The molecule has 0 unspecified atom stereocenters. The first-order valence-corrected chi connectivity index (χ1v) is 9.53. The summed E-state index contributed by atoms with van der Waals surface area (Å²) in [6, 6.07) is 13.0. The molecule has 0 bridgehead atoms. The van der Waals surface area contributed by atoms with Gasteiger partial charge in [-0.3, -0.25) is 14.2 Å². The van der Waals surface area contributed by atoms with Crippen molar-refractivity contribution in [2.75, 3.05) is 7.11 Å². The number of carbonyl (C=O) groups is 1. The summed E-state index contributed by atoms with van der Waals surface area (Å²) >= 11 is 12.3. The number of hydrogen-bond donors (Lipinski definition) is 1. The number of ether oxygens (including phenoxy) is 1. The lowest BCUT2D eigenvalue weighted by atomic mass is 9.97. The zero-order chi connectivity index (χ0) is 22.0. The Morgan fingerprint density at radius 2 is 1.90 bits per heavy atom. The summed E-state index contributed by atoms with van der Waals surface area (Å²) in [6.45, 7) is 1.33. The van der Waals surface area contributed by atoms with Crippen molar-refractivity contribution in [1.29, 1.82) is 5.26 Å². The van der Waals surface area contributed by atoms with Gasteiger partial charge in [0, 0.05) is 10.6 Å². The molecule has 0 amide bonds. The van der Waals surface area contributed by atoms with Crippen LogP contribution in [0.25, 0.3) is 0 Å². The van der Waals surface area contributed by atoms with Gasteiger partial charge in [-0.25, -0.2) is 0 Å². The molecule has 0 saturated carbocycles. The molecule has 3 aromatic rings. The van der Waals surface area contributed by atoms with E-state index in [4.69, 9.17) is 27.9 Å². The molecule has 0 atom stereocenters. The van der Waals surface area contributed by atoms with Crippen molar-refractivity contribution in [2.24, 2.45) is 0 Å². The van der Waals surface area contributed by atoms with E-state index in [1.807, 2.05) is 6.07 Å². The third-order valence-corrected chi connectivity index (χ3v) is 5.39. The SMILES string of the molecule is COc1ccc(C(=O)c2c(C)c(C#N)c(=O)n(Cc3ccccc3Cl)c2O)cc1Cl. The number of pyridine rings is 1. The fraction of sp³-hybridized carbons (Fsp3) is 0.136. The number of ketones is 1. The quantitative estimate of drug-likeness (QED) is 0.593. The Bertz CT molecular complexity index is 1260. The van der Waals surface area contributed by atoms with Gasteiger partial charge in [0.15, 0.2) is 5.78 Å². The van der Waals surface area contributed by atoms with Gasteiger partial charge >= 0.3 is 0 Å². The molecule has 0 fully saturated rings. The molecule has 0 aliphatic rings. The average molecular weight is 443 g/mol. The van der Waals surface area contributed by atoms with Crippen LogP contribution in [0.15, 0.2) is 47.3 Å². The summed E-state index contributed by atoms with van der Waals surface area (Å²) in [6.07, 6.45) is 0. The molecule has 1 heterocycles. The van der Waals surface area contributed by atoms with Crippen molar-refractivity contribution >= 4 is 29.0 Å². The van der Waals surface area contributed by atoms with Gasteiger partial charge in [-0.1, -0.05) is 41.4 Å². The Kier molecular flexibility index (Phi) is 6.16. The zero-order valence-corrected chi connectivity index (χ0v) is 17.6. The minimum absolute atomic E-state index is 0.0901. The van der Waals surface area contributed by atoms with Crippen LogP contribution < -0.4 is 10.3 Å². The summed E-state index contributed by atoms with van der Waals surface area (Å²) in [5.41, 5.74) is -0.285. The van der Waals surface area contributed by atoms with Crippen molar-refractivity contribution in [3.05, 3.63) is 90.7 Å². The molecule has 0 aliphatic carbocycles. The van der Waals surface area contributed by atoms with E-state index in [9.17, 15) is 20.0 Å². The molecule has 152 valence electrons. The van der Waals surface area contributed by atoms with Gasteiger partial charge in [-0.2, -0.15) is 5.26 Å². The second-order valence-electron chi connectivity index (χ2n) is 6.47. The van der Waals surface area contributed by atoms with Crippen LogP contribution in [0.5, 0.6) is 11.6 Å². The average Bonchev–Trinajstić information content (AvgIpc) is 2.72. The third-order valence-electron chi connectivity index (χ3n) is 4.73. The first kappa shape index (κ1) is 21.4. The second-order valence-corrected chi connectivity index (χ2v) is 7.29. The number of nitrogens with zero attached hydrogens (tertiary/aromatic N) is 2. The van der Waals surface area contributed by atoms with Crippen molar-refractivity contribution in [1.82, 2.24) is 4.57 Å². The third kappa shape index (κ3) is 3.78. The lowest BCUT2D eigenvalue weighted by molar-refractivity contribution is 0.103. The summed E-state index contributed by atoms with van der Waals surface area (Å²) < 4.78 is 6.05. The fourth-order valence-electron chi connectivity index (χ4n) is 3.12. The molecule has 1 N–H and O–H groups in total. The molecule has 6 nitrogen and oxygen atoms in total. The number of benzene rings is 2. The molecule has 0 radical (unpaired) electrons. The van der Waals surface area contributed by atoms with Crippen LogP contribution in [0.1, 0.15) is 32.6 Å². The summed E-state index contributed by atoms with van der Waals surface area (Å²) in [4.78, 5) is 26.0. The monoisotopic (exact) mass is 442 g/mol. The topological polar surface area (TPSA) is 92.3 Å². The number of carbonyl (C=O) groups excluding carboxylic acids is 1. The standard InChI is InChI=1S/C22H16Cl2N2O4/c1-12-15(10-25)21(28)26(11-14-5-3-4-6-16(14)23)22(29)19(12)20(27)13-7-8-18(30-2)17(24)9-13/h3-9,29H,11H2,1-2H3. The first-order chi connectivity index (χ1) is 14.3. The van der Waals surface area contributed by atoms with Gasteiger partial charge in [0.1, 0.15) is 17.4 Å². The Hall–Kier alpha value is -3.27. The van der Waals surface area contributed by atoms with E-state index in [0.717, 1.165) is 4.57 Å². The molecule has 0 saturated heterocycles. The summed E-state index contributed by atoms with van der Waals surface area (Å²) in [7, 11) is 1.45. The Labute approximate surface area is 182 Å². The van der Waals surface area contributed by atoms with Gasteiger partial charge in [0.2, 0.25) is 5.88 Å². The number of aromatic hydroxyl groups is 1. The number of halogens is 2. The van der Waals surface area contributed by atoms with Crippen LogP contribution in [0.4, 0.5) is 0 Å². The molecule has 3 rings (SSSR count). The smallest absolute Gasteiger partial charge is 0.271 e. The van der Waals surface area contributed by atoms with Crippen LogP contribution in [0.3, 0.4) is 0 Å². The van der Waals surface area contributed by atoms with Crippen molar-refractivity contribution in [3.63, 3.8) is 0 Å². The lowest BCUT2D eigenvalue weighted by Crippen LogP contribution is -2.27. The van der Waals surface area contributed by atoms with E-state index in [0.29, 0.717) is 16.3 Å². The fourth-order valence-corrected chi connectivity index (χ4v) is 3.57. The van der Waals surface area contributed by atoms with Crippen molar-refractivity contribution < 1.29 is 14.6 Å². The highest BCUT2D eigenvalue weighted by atomic mass is 35.5. The molecule has 0 spiro atoms. The first-order valence-electron chi connectivity index (χ1n) is 8.78. The largest absolute Gasteiger partial charge is 0.495 e. The molecule has 30 heavy (non-hydrogen) atoms. The van der Waals surface area contributed by atoms with Crippen LogP contribution in [-0.4, -0.2) is 22.6 Å². The van der Waals surface area contributed by atoms with Gasteiger partial charge in [-0.15, -0.1) is 0 Å². The Balaban J connectivity index is 2.21. The maximum atomic E-state index is 13.2. The molecule has 8 heteroatoms. The van der Waals surface area contributed by atoms with Gasteiger partial charge in [-0.05, 0) is 42.3 Å². The summed E-state index contributed by atoms with van der Waals surface area (Å²) in [5.74, 6) is -0.747. The highest BCUT2D eigenvalue weighted by Gasteiger charge is 2.25. The molecule has 1 aromatic heterocycles. The highest BCUT2D eigenvalue weighted by molar-refractivity contribution is 6.32. The maximum Gasteiger partial charge on any atom is 0.271 e. The van der Waals surface area contributed by atoms with Crippen LogP contribution >= 0.6 is 23.2 Å². The number of nitriles is 1. The predicted octanol–water partition coefficient (Wildman–Crippen LogP) is 4.33. The van der Waals surface area contributed by atoms with E-state index in [1.54, 1.807) is 24.3 Å². The molecular weight excluding hydrogens is 427 g/mol.